The number of nitrogens with zero attached hydrogens (tertiary/aromatic N) is 1. The Morgan fingerprint density at radius 3 is 2.24 bits per heavy atom. The fourth-order valence-electron chi connectivity index (χ4n) is 4.02. The molecule has 0 bridgehead atoms. The van der Waals surface area contributed by atoms with Gasteiger partial charge in [-0.15, -0.1) is 0 Å². The van der Waals surface area contributed by atoms with Crippen molar-refractivity contribution in [3.8, 4) is 11.1 Å². The molecule has 6 heteroatoms. The van der Waals surface area contributed by atoms with E-state index in [4.69, 9.17) is 23.2 Å². The maximum absolute atomic E-state index is 13.4. The van der Waals surface area contributed by atoms with Crippen LogP contribution in [-0.4, -0.2) is 11.8 Å². The first-order valence-corrected chi connectivity index (χ1v) is 11.1. The minimum Gasteiger partial charge on any atom is -0.322 e. The minimum absolute atomic E-state index is 0.101. The smallest absolute Gasteiger partial charge is 0.258 e. The maximum Gasteiger partial charge on any atom is 0.258 e. The van der Waals surface area contributed by atoms with Crippen molar-refractivity contribution in [2.45, 2.75) is 6.54 Å². The number of para-hydroxylation sites is 1. The molecule has 0 unspecified atom stereocenters. The SMILES string of the molecule is O=C(Nc1ccc(C(=O)N2Cc3ccccc3-c3ccccc32)cc1)c1ccc(Cl)cc1Cl. The van der Waals surface area contributed by atoms with Gasteiger partial charge in [0.05, 0.1) is 22.8 Å². The van der Waals surface area contributed by atoms with Gasteiger partial charge in [0.15, 0.2) is 0 Å². The third kappa shape index (κ3) is 4.11. The predicted octanol–water partition coefficient (Wildman–Crippen LogP) is 7.07. The monoisotopic (exact) mass is 472 g/mol. The number of carbonyl (C=O) groups is 2. The van der Waals surface area contributed by atoms with Crippen LogP contribution in [0, 0.1) is 0 Å². The van der Waals surface area contributed by atoms with E-state index in [1.54, 1.807) is 41.3 Å². The van der Waals surface area contributed by atoms with Gasteiger partial charge in [0, 0.05) is 21.8 Å². The van der Waals surface area contributed by atoms with Gasteiger partial charge in [-0.3, -0.25) is 9.59 Å². The van der Waals surface area contributed by atoms with Gasteiger partial charge in [-0.2, -0.15) is 0 Å². The Labute approximate surface area is 201 Å². The highest BCUT2D eigenvalue weighted by atomic mass is 35.5. The predicted molar refractivity (Wildman–Crippen MR) is 133 cm³/mol. The van der Waals surface area contributed by atoms with Gasteiger partial charge in [0.25, 0.3) is 11.8 Å². The number of carbonyl (C=O) groups excluding carboxylic acids is 2. The molecule has 1 N–H and O–H groups in total. The van der Waals surface area contributed by atoms with Crippen molar-refractivity contribution < 1.29 is 9.59 Å². The van der Waals surface area contributed by atoms with E-state index in [-0.39, 0.29) is 16.8 Å². The number of hydrogen-bond acceptors (Lipinski definition) is 2. The van der Waals surface area contributed by atoms with E-state index in [2.05, 4.69) is 11.4 Å². The summed E-state index contributed by atoms with van der Waals surface area (Å²) in [6, 6.07) is 27.6. The molecule has 0 saturated heterocycles. The number of anilines is 2. The second-order valence-corrected chi connectivity index (χ2v) is 8.56. The van der Waals surface area contributed by atoms with Crippen molar-refractivity contribution in [1.29, 1.82) is 0 Å². The summed E-state index contributed by atoms with van der Waals surface area (Å²) < 4.78 is 0. The standard InChI is InChI=1S/C27H18Cl2N2O2/c28-19-11-14-23(24(29)15-19)26(32)30-20-12-9-17(10-13-20)27(33)31-16-18-5-1-2-6-21(18)22-7-3-4-8-25(22)31/h1-15H,16H2,(H,30,32). The zero-order valence-corrected chi connectivity index (χ0v) is 18.9. The molecule has 4 aromatic carbocycles. The molecule has 1 heterocycles. The van der Waals surface area contributed by atoms with Crippen LogP contribution in [0.25, 0.3) is 11.1 Å². The van der Waals surface area contributed by atoms with Crippen LogP contribution < -0.4 is 10.2 Å². The highest BCUT2D eigenvalue weighted by Gasteiger charge is 2.26. The summed E-state index contributed by atoms with van der Waals surface area (Å²) in [6.07, 6.45) is 0. The van der Waals surface area contributed by atoms with E-state index < -0.39 is 0 Å². The second kappa shape index (κ2) is 8.74. The molecule has 0 radical (unpaired) electrons. The van der Waals surface area contributed by atoms with E-state index in [9.17, 15) is 9.59 Å². The summed E-state index contributed by atoms with van der Waals surface area (Å²) >= 11 is 12.0. The molecule has 0 saturated carbocycles. The van der Waals surface area contributed by atoms with Gasteiger partial charge in [-0.1, -0.05) is 65.7 Å². The molecule has 0 fully saturated rings. The highest BCUT2D eigenvalue weighted by Crippen LogP contribution is 2.39. The number of nitrogens with one attached hydrogen (secondary N) is 1. The van der Waals surface area contributed by atoms with Crippen LogP contribution in [-0.2, 0) is 6.54 Å². The summed E-state index contributed by atoms with van der Waals surface area (Å²) in [5, 5.41) is 3.53. The number of amides is 2. The molecule has 4 nitrogen and oxygen atoms in total. The maximum atomic E-state index is 13.4. The van der Waals surface area contributed by atoms with Crippen molar-refractivity contribution in [3.05, 3.63) is 118 Å². The lowest BCUT2D eigenvalue weighted by Crippen LogP contribution is -2.33. The number of halogens is 2. The average Bonchev–Trinajstić information content (AvgIpc) is 2.83. The number of rotatable bonds is 3. The van der Waals surface area contributed by atoms with Crippen LogP contribution in [0.3, 0.4) is 0 Å². The first kappa shape index (κ1) is 21.3. The zero-order chi connectivity index (χ0) is 22.9. The molecule has 1 aliphatic heterocycles. The number of fused-ring (bicyclic) bond motifs is 3. The van der Waals surface area contributed by atoms with Gasteiger partial charge >= 0.3 is 0 Å². The fraction of sp³-hybridized carbons (Fsp3) is 0.0370. The largest absolute Gasteiger partial charge is 0.322 e. The van der Waals surface area contributed by atoms with Gasteiger partial charge < -0.3 is 10.2 Å². The quantitative estimate of drug-likeness (QED) is 0.346. The van der Waals surface area contributed by atoms with Gasteiger partial charge in [0.2, 0.25) is 0 Å². The lowest BCUT2D eigenvalue weighted by atomic mass is 9.93. The van der Waals surface area contributed by atoms with E-state index in [0.717, 1.165) is 22.4 Å². The lowest BCUT2D eigenvalue weighted by molar-refractivity contribution is 0.0983. The molecular weight excluding hydrogens is 455 g/mol. The van der Waals surface area contributed by atoms with E-state index in [0.29, 0.717) is 28.4 Å². The van der Waals surface area contributed by atoms with Crippen LogP contribution in [0.5, 0.6) is 0 Å². The third-order valence-corrected chi connectivity index (χ3v) is 6.19. The first-order valence-electron chi connectivity index (χ1n) is 10.4. The molecule has 0 atom stereocenters. The zero-order valence-electron chi connectivity index (χ0n) is 17.4. The topological polar surface area (TPSA) is 49.4 Å². The Morgan fingerprint density at radius 1 is 0.788 bits per heavy atom. The van der Waals surface area contributed by atoms with E-state index >= 15 is 0 Å². The third-order valence-electron chi connectivity index (χ3n) is 5.64. The molecule has 5 rings (SSSR count). The lowest BCUT2D eigenvalue weighted by Gasteiger charge is -2.31. The van der Waals surface area contributed by atoms with Crippen molar-refractivity contribution >= 4 is 46.4 Å². The average molecular weight is 473 g/mol. The molecule has 1 aliphatic rings. The molecule has 2 amide bonds. The first-order chi connectivity index (χ1) is 16.0. The van der Waals surface area contributed by atoms with Gasteiger partial charge in [-0.05, 0) is 59.7 Å². The Balaban J connectivity index is 1.38. The fourth-order valence-corrected chi connectivity index (χ4v) is 4.51. The Hall–Kier alpha value is -3.60. The number of benzene rings is 4. The molecule has 0 aromatic heterocycles. The second-order valence-electron chi connectivity index (χ2n) is 7.72. The Bertz CT molecular complexity index is 1380. The normalized spacial score (nSPS) is 12.0. The molecule has 0 spiro atoms. The van der Waals surface area contributed by atoms with Crippen LogP contribution in [0.2, 0.25) is 10.0 Å². The van der Waals surface area contributed by atoms with Crippen LogP contribution >= 0.6 is 23.2 Å². The van der Waals surface area contributed by atoms with Crippen molar-refractivity contribution in [3.63, 3.8) is 0 Å². The summed E-state index contributed by atoms with van der Waals surface area (Å²) in [7, 11) is 0. The Morgan fingerprint density at radius 2 is 1.48 bits per heavy atom. The summed E-state index contributed by atoms with van der Waals surface area (Å²) in [5.74, 6) is -0.451. The van der Waals surface area contributed by atoms with Crippen LogP contribution in [0.1, 0.15) is 26.3 Å². The molecule has 33 heavy (non-hydrogen) atoms. The Kier molecular flexibility index (Phi) is 5.63. The van der Waals surface area contributed by atoms with Crippen molar-refractivity contribution in [1.82, 2.24) is 0 Å². The summed E-state index contributed by atoms with van der Waals surface area (Å²) in [5.41, 5.74) is 5.60. The molecule has 162 valence electrons. The van der Waals surface area contributed by atoms with E-state index in [1.165, 1.54) is 6.07 Å². The molecular formula is C27H18Cl2N2O2. The molecule has 4 aromatic rings. The van der Waals surface area contributed by atoms with Crippen molar-refractivity contribution in [2.24, 2.45) is 0 Å². The summed E-state index contributed by atoms with van der Waals surface area (Å²) in [6.45, 7) is 0.500. The van der Waals surface area contributed by atoms with Crippen LogP contribution in [0.4, 0.5) is 11.4 Å². The molecule has 0 aliphatic carbocycles. The van der Waals surface area contributed by atoms with Crippen molar-refractivity contribution in [2.75, 3.05) is 10.2 Å². The van der Waals surface area contributed by atoms with E-state index in [1.807, 2.05) is 42.5 Å². The highest BCUT2D eigenvalue weighted by molar-refractivity contribution is 6.37. The van der Waals surface area contributed by atoms with Crippen LogP contribution in [0.15, 0.2) is 91.0 Å². The number of hydrogen-bond donors (Lipinski definition) is 1. The van der Waals surface area contributed by atoms with Gasteiger partial charge in [0.1, 0.15) is 0 Å². The summed E-state index contributed by atoms with van der Waals surface area (Å²) in [4.78, 5) is 27.8. The minimum atomic E-state index is -0.350. The van der Waals surface area contributed by atoms with Gasteiger partial charge in [-0.25, -0.2) is 0 Å².